The second-order valence-corrected chi connectivity index (χ2v) is 15.4. The zero-order valence-electron chi connectivity index (χ0n) is 32.6. The Balaban J connectivity index is 1.19. The number of benzene rings is 10. The number of hydrogen-bond acceptors (Lipinski definition) is 2. The molecule has 0 aliphatic heterocycles. The van der Waals surface area contributed by atoms with Crippen LogP contribution < -0.4 is 0 Å². The van der Waals surface area contributed by atoms with E-state index in [0.717, 1.165) is 72.6 Å². The topological polar surface area (TPSA) is 35.6 Å². The second kappa shape index (κ2) is 13.8. The van der Waals surface area contributed by atoms with Crippen LogP contribution in [0.2, 0.25) is 0 Å². The number of imidazole rings is 2. The molecular weight excluding hydrogens is 729 g/mol. The van der Waals surface area contributed by atoms with Gasteiger partial charge in [0.2, 0.25) is 0 Å². The van der Waals surface area contributed by atoms with Crippen LogP contribution in [0.4, 0.5) is 0 Å². The number of fused-ring (bicyclic) bond motifs is 5. The first-order valence-electron chi connectivity index (χ1n) is 20.4. The normalized spacial score (nSPS) is 11.7. The van der Waals surface area contributed by atoms with Crippen LogP contribution in [-0.2, 0) is 0 Å². The molecule has 2 heterocycles. The zero-order valence-corrected chi connectivity index (χ0v) is 32.6. The van der Waals surface area contributed by atoms with Crippen LogP contribution in [0.15, 0.2) is 218 Å². The van der Waals surface area contributed by atoms with Gasteiger partial charge in [-0.05, 0) is 98.4 Å². The van der Waals surface area contributed by atoms with Gasteiger partial charge in [-0.2, -0.15) is 0 Å². The maximum atomic E-state index is 5.26. The van der Waals surface area contributed by atoms with Gasteiger partial charge in [-0.1, -0.05) is 164 Å². The van der Waals surface area contributed by atoms with E-state index in [1.54, 1.807) is 0 Å². The van der Waals surface area contributed by atoms with Crippen molar-refractivity contribution in [2.24, 2.45) is 0 Å². The summed E-state index contributed by atoms with van der Waals surface area (Å²) >= 11 is 0. The predicted octanol–water partition coefficient (Wildman–Crippen LogP) is 14.5. The molecule has 60 heavy (non-hydrogen) atoms. The maximum Gasteiger partial charge on any atom is 0.145 e. The Labute approximate surface area is 346 Å². The molecule has 0 aliphatic rings. The molecular formula is C56H36N4. The van der Waals surface area contributed by atoms with Crippen LogP contribution in [0.1, 0.15) is 0 Å². The van der Waals surface area contributed by atoms with Crippen LogP contribution >= 0.6 is 0 Å². The number of hydrogen-bond donors (Lipinski definition) is 0. The van der Waals surface area contributed by atoms with E-state index in [1.165, 1.54) is 38.2 Å². The molecule has 0 N–H and O–H groups in total. The Hall–Kier alpha value is -8.08. The van der Waals surface area contributed by atoms with E-state index < -0.39 is 0 Å². The molecule has 12 aromatic rings. The van der Waals surface area contributed by atoms with Gasteiger partial charge in [0.05, 0.1) is 33.4 Å². The zero-order chi connectivity index (χ0) is 39.6. The summed E-state index contributed by atoms with van der Waals surface area (Å²) in [7, 11) is 0. The third-order valence-electron chi connectivity index (χ3n) is 11.9. The van der Waals surface area contributed by atoms with Gasteiger partial charge in [0.1, 0.15) is 11.6 Å². The van der Waals surface area contributed by atoms with Crippen LogP contribution in [0.3, 0.4) is 0 Å². The minimum atomic E-state index is 0.908. The van der Waals surface area contributed by atoms with Crippen molar-refractivity contribution in [2.45, 2.75) is 0 Å². The molecule has 280 valence electrons. The monoisotopic (exact) mass is 764 g/mol. The molecule has 10 aromatic carbocycles. The standard InChI is InChI=1S/C56H36N4/c1-4-16-37(17-5-1)40-30-31-42-35-43(33-32-41(42)34-40)54-44-22-14-28-50(59-52-26-12-10-24-48(52)57-55(59)38-18-6-2-7-19-38)46(44)36-47-45(54)23-15-29-51(47)60-53-27-13-11-25-49(53)58-56(60)39-20-8-3-9-21-39/h1-36H. The quantitative estimate of drug-likeness (QED) is 0.158. The van der Waals surface area contributed by atoms with Gasteiger partial charge in [-0.25, -0.2) is 9.97 Å². The fraction of sp³-hybridized carbons (Fsp3) is 0. The van der Waals surface area contributed by atoms with Crippen molar-refractivity contribution in [3.63, 3.8) is 0 Å². The Kier molecular flexibility index (Phi) is 7.82. The molecule has 0 radical (unpaired) electrons. The van der Waals surface area contributed by atoms with E-state index >= 15 is 0 Å². The third kappa shape index (κ3) is 5.46. The first kappa shape index (κ1) is 34.0. The van der Waals surface area contributed by atoms with Crippen LogP contribution in [-0.4, -0.2) is 19.1 Å². The lowest BCUT2D eigenvalue weighted by molar-refractivity contribution is 1.11. The van der Waals surface area contributed by atoms with Crippen molar-refractivity contribution in [1.29, 1.82) is 0 Å². The fourth-order valence-corrected chi connectivity index (χ4v) is 9.15. The second-order valence-electron chi connectivity index (χ2n) is 15.4. The van der Waals surface area contributed by atoms with E-state index in [-0.39, 0.29) is 0 Å². The highest BCUT2D eigenvalue weighted by atomic mass is 15.1. The summed E-state index contributed by atoms with van der Waals surface area (Å²) in [6.07, 6.45) is 0. The highest BCUT2D eigenvalue weighted by molar-refractivity contribution is 6.17. The minimum absolute atomic E-state index is 0.908. The maximum absolute atomic E-state index is 5.26. The Morgan fingerprint density at radius 3 is 1.23 bits per heavy atom. The Bertz CT molecular complexity index is 3410. The highest BCUT2D eigenvalue weighted by Gasteiger charge is 2.22. The van der Waals surface area contributed by atoms with Crippen molar-refractivity contribution >= 4 is 54.4 Å². The molecule has 0 unspecified atom stereocenters. The Morgan fingerprint density at radius 1 is 0.283 bits per heavy atom. The first-order valence-corrected chi connectivity index (χ1v) is 20.4. The summed E-state index contributed by atoms with van der Waals surface area (Å²) in [5.41, 5.74) is 13.1. The van der Waals surface area contributed by atoms with E-state index in [1.807, 2.05) is 0 Å². The fourth-order valence-electron chi connectivity index (χ4n) is 9.15. The molecule has 0 bridgehead atoms. The summed E-state index contributed by atoms with van der Waals surface area (Å²) in [5.74, 6) is 1.82. The molecule has 0 aliphatic carbocycles. The lowest BCUT2D eigenvalue weighted by atomic mass is 9.89. The molecule has 0 amide bonds. The SMILES string of the molecule is c1ccc(-c2ccc3cc(-c4c5cccc(-n6c(-c7ccccc7)nc7ccccc76)c5cc5c(-n6c(-c7ccccc7)nc7ccccc76)cccc45)ccc3c2)cc1. The molecule has 0 saturated carbocycles. The van der Waals surface area contributed by atoms with Gasteiger partial charge < -0.3 is 0 Å². The van der Waals surface area contributed by atoms with Gasteiger partial charge in [0.15, 0.2) is 0 Å². The molecule has 4 nitrogen and oxygen atoms in total. The van der Waals surface area contributed by atoms with Gasteiger partial charge in [-0.15, -0.1) is 0 Å². The van der Waals surface area contributed by atoms with E-state index in [4.69, 9.17) is 9.97 Å². The molecule has 0 fully saturated rings. The van der Waals surface area contributed by atoms with Crippen molar-refractivity contribution in [2.75, 3.05) is 0 Å². The van der Waals surface area contributed by atoms with Crippen LogP contribution in [0.5, 0.6) is 0 Å². The first-order chi connectivity index (χ1) is 29.8. The average Bonchev–Trinajstić information content (AvgIpc) is 3.90. The van der Waals surface area contributed by atoms with Crippen LogP contribution in [0, 0.1) is 0 Å². The highest BCUT2D eigenvalue weighted by Crippen LogP contribution is 2.44. The van der Waals surface area contributed by atoms with Crippen LogP contribution in [0.25, 0.3) is 111 Å². The van der Waals surface area contributed by atoms with E-state index in [0.29, 0.717) is 0 Å². The summed E-state index contributed by atoms with van der Waals surface area (Å²) in [5, 5.41) is 7.03. The molecule has 12 rings (SSSR count). The van der Waals surface area contributed by atoms with E-state index in [9.17, 15) is 0 Å². The molecule has 0 atom stereocenters. The van der Waals surface area contributed by atoms with Gasteiger partial charge in [-0.3, -0.25) is 9.13 Å². The van der Waals surface area contributed by atoms with Gasteiger partial charge in [0, 0.05) is 21.9 Å². The minimum Gasteiger partial charge on any atom is -0.292 e. The predicted molar refractivity (Wildman–Crippen MR) is 250 cm³/mol. The summed E-state index contributed by atoms with van der Waals surface area (Å²) in [6, 6.07) is 78.2. The smallest absolute Gasteiger partial charge is 0.145 e. The van der Waals surface area contributed by atoms with E-state index in [2.05, 4.69) is 228 Å². The summed E-state index contributed by atoms with van der Waals surface area (Å²) in [4.78, 5) is 10.5. The lowest BCUT2D eigenvalue weighted by Gasteiger charge is -2.20. The molecule has 0 saturated heterocycles. The number of nitrogens with zero attached hydrogens (tertiary/aromatic N) is 4. The summed E-state index contributed by atoms with van der Waals surface area (Å²) in [6.45, 7) is 0. The summed E-state index contributed by atoms with van der Waals surface area (Å²) < 4.78 is 4.69. The van der Waals surface area contributed by atoms with Gasteiger partial charge in [0.25, 0.3) is 0 Å². The number of para-hydroxylation sites is 4. The molecule has 2 aromatic heterocycles. The van der Waals surface area contributed by atoms with Crippen molar-refractivity contribution < 1.29 is 0 Å². The molecule has 4 heteroatoms. The lowest BCUT2D eigenvalue weighted by Crippen LogP contribution is -2.01. The van der Waals surface area contributed by atoms with Crippen molar-refractivity contribution in [1.82, 2.24) is 19.1 Å². The molecule has 0 spiro atoms. The number of rotatable bonds is 6. The number of aromatic nitrogens is 4. The van der Waals surface area contributed by atoms with Crippen molar-refractivity contribution in [3.8, 4) is 56.4 Å². The van der Waals surface area contributed by atoms with Crippen molar-refractivity contribution in [3.05, 3.63) is 218 Å². The largest absolute Gasteiger partial charge is 0.292 e. The van der Waals surface area contributed by atoms with Gasteiger partial charge >= 0.3 is 0 Å². The Morgan fingerprint density at radius 2 is 0.717 bits per heavy atom. The third-order valence-corrected chi connectivity index (χ3v) is 11.9. The average molecular weight is 765 g/mol.